The number of ether oxygens (including phenoxy) is 1. The van der Waals surface area contributed by atoms with E-state index >= 15 is 0 Å². The molecule has 0 unspecified atom stereocenters. The molecule has 116 valence electrons. The second-order valence-electron chi connectivity index (χ2n) is 5.49. The fourth-order valence-corrected chi connectivity index (χ4v) is 2.06. The van der Waals surface area contributed by atoms with Gasteiger partial charge in [0.2, 0.25) is 0 Å². The molecular formula is C18H20ClNO2. The van der Waals surface area contributed by atoms with Crippen molar-refractivity contribution in [2.24, 2.45) is 5.92 Å². The molecule has 4 heteroatoms. The van der Waals surface area contributed by atoms with Crippen molar-refractivity contribution in [3.63, 3.8) is 0 Å². The second kappa shape index (κ2) is 7.85. The van der Waals surface area contributed by atoms with Crippen LogP contribution in [-0.2, 0) is 0 Å². The zero-order valence-electron chi connectivity index (χ0n) is 12.8. The summed E-state index contributed by atoms with van der Waals surface area (Å²) in [7, 11) is 0. The van der Waals surface area contributed by atoms with Gasteiger partial charge < -0.3 is 10.1 Å². The zero-order chi connectivity index (χ0) is 15.9. The van der Waals surface area contributed by atoms with Crippen molar-refractivity contribution in [2.75, 3.05) is 11.9 Å². The van der Waals surface area contributed by atoms with E-state index in [0.29, 0.717) is 28.8 Å². The predicted octanol–water partition coefficient (Wildman–Crippen LogP) is 5.02. The van der Waals surface area contributed by atoms with Crippen LogP contribution >= 0.6 is 11.6 Å². The SMILES string of the molecule is CC(C)CCOc1ccc(C(=O)Nc2ccccc2Cl)cc1. The van der Waals surface area contributed by atoms with Crippen LogP contribution in [0.2, 0.25) is 5.02 Å². The number of para-hydroxylation sites is 1. The van der Waals surface area contributed by atoms with E-state index in [-0.39, 0.29) is 5.91 Å². The molecule has 22 heavy (non-hydrogen) atoms. The van der Waals surface area contributed by atoms with Crippen LogP contribution in [0.25, 0.3) is 0 Å². The number of rotatable bonds is 6. The summed E-state index contributed by atoms with van der Waals surface area (Å²) in [6.45, 7) is 5.00. The quantitative estimate of drug-likeness (QED) is 0.812. The van der Waals surface area contributed by atoms with E-state index in [0.717, 1.165) is 12.2 Å². The van der Waals surface area contributed by atoms with Gasteiger partial charge in [0.15, 0.2) is 0 Å². The molecule has 1 N–H and O–H groups in total. The Morgan fingerprint density at radius 2 is 1.82 bits per heavy atom. The summed E-state index contributed by atoms with van der Waals surface area (Å²) in [5.41, 5.74) is 1.17. The van der Waals surface area contributed by atoms with Crippen molar-refractivity contribution in [1.29, 1.82) is 0 Å². The number of amides is 1. The standard InChI is InChI=1S/C18H20ClNO2/c1-13(2)11-12-22-15-9-7-14(8-10-15)18(21)20-17-6-4-3-5-16(17)19/h3-10,13H,11-12H2,1-2H3,(H,20,21). The molecule has 0 saturated carbocycles. The van der Waals surface area contributed by atoms with E-state index in [4.69, 9.17) is 16.3 Å². The first-order valence-electron chi connectivity index (χ1n) is 7.35. The molecule has 2 rings (SSSR count). The highest BCUT2D eigenvalue weighted by Gasteiger charge is 2.08. The summed E-state index contributed by atoms with van der Waals surface area (Å²) in [5.74, 6) is 1.19. The molecule has 0 saturated heterocycles. The van der Waals surface area contributed by atoms with Crippen molar-refractivity contribution in [1.82, 2.24) is 0 Å². The topological polar surface area (TPSA) is 38.3 Å². The van der Waals surface area contributed by atoms with Crippen molar-refractivity contribution < 1.29 is 9.53 Å². The largest absolute Gasteiger partial charge is 0.494 e. The average Bonchev–Trinajstić information content (AvgIpc) is 2.50. The van der Waals surface area contributed by atoms with Gasteiger partial charge in [-0.1, -0.05) is 37.6 Å². The van der Waals surface area contributed by atoms with Crippen LogP contribution in [0.3, 0.4) is 0 Å². The van der Waals surface area contributed by atoms with Crippen LogP contribution in [0.15, 0.2) is 48.5 Å². The Morgan fingerprint density at radius 3 is 2.45 bits per heavy atom. The normalized spacial score (nSPS) is 10.5. The lowest BCUT2D eigenvalue weighted by Gasteiger charge is -2.09. The molecule has 0 heterocycles. The number of hydrogen-bond acceptors (Lipinski definition) is 2. The maximum absolute atomic E-state index is 12.2. The second-order valence-corrected chi connectivity index (χ2v) is 5.90. The third-order valence-corrected chi connectivity index (χ3v) is 3.53. The molecule has 0 bridgehead atoms. The molecule has 0 radical (unpaired) electrons. The van der Waals surface area contributed by atoms with Gasteiger partial charge in [0, 0.05) is 5.56 Å². The first-order valence-corrected chi connectivity index (χ1v) is 7.73. The molecule has 1 amide bonds. The smallest absolute Gasteiger partial charge is 0.255 e. The number of anilines is 1. The summed E-state index contributed by atoms with van der Waals surface area (Å²) in [4.78, 5) is 12.2. The highest BCUT2D eigenvalue weighted by atomic mass is 35.5. The van der Waals surface area contributed by atoms with Crippen molar-refractivity contribution in [3.8, 4) is 5.75 Å². The summed E-state index contributed by atoms with van der Waals surface area (Å²) in [6, 6.07) is 14.3. The minimum atomic E-state index is -0.193. The fourth-order valence-electron chi connectivity index (χ4n) is 1.87. The van der Waals surface area contributed by atoms with E-state index in [2.05, 4.69) is 19.2 Å². The molecule has 0 aliphatic carbocycles. The maximum atomic E-state index is 12.2. The van der Waals surface area contributed by atoms with Gasteiger partial charge in [-0.2, -0.15) is 0 Å². The van der Waals surface area contributed by atoms with Crippen LogP contribution in [0.1, 0.15) is 30.6 Å². The van der Waals surface area contributed by atoms with E-state index < -0.39 is 0 Å². The van der Waals surface area contributed by atoms with Gasteiger partial charge in [-0.25, -0.2) is 0 Å². The molecular weight excluding hydrogens is 298 g/mol. The lowest BCUT2D eigenvalue weighted by molar-refractivity contribution is 0.102. The van der Waals surface area contributed by atoms with Crippen molar-refractivity contribution in [3.05, 3.63) is 59.1 Å². The maximum Gasteiger partial charge on any atom is 0.255 e. The van der Waals surface area contributed by atoms with Crippen LogP contribution in [0, 0.1) is 5.92 Å². The molecule has 3 nitrogen and oxygen atoms in total. The molecule has 0 aliphatic heterocycles. The Balaban J connectivity index is 1.95. The third kappa shape index (κ3) is 4.78. The highest BCUT2D eigenvalue weighted by Crippen LogP contribution is 2.21. The van der Waals surface area contributed by atoms with Gasteiger partial charge in [0.05, 0.1) is 17.3 Å². The van der Waals surface area contributed by atoms with E-state index in [1.165, 1.54) is 0 Å². The number of nitrogens with one attached hydrogen (secondary N) is 1. The van der Waals surface area contributed by atoms with Gasteiger partial charge in [0.1, 0.15) is 5.75 Å². The summed E-state index contributed by atoms with van der Waals surface area (Å²) in [6.07, 6.45) is 1.01. The Bertz CT molecular complexity index is 623. The molecule has 0 aliphatic rings. The van der Waals surface area contributed by atoms with Crippen molar-refractivity contribution >= 4 is 23.2 Å². The first-order chi connectivity index (χ1) is 10.6. The summed E-state index contributed by atoms with van der Waals surface area (Å²) >= 11 is 6.03. The molecule has 0 aromatic heterocycles. The molecule has 0 atom stereocenters. The van der Waals surface area contributed by atoms with Crippen LogP contribution in [0.5, 0.6) is 5.75 Å². The van der Waals surface area contributed by atoms with Gasteiger partial charge >= 0.3 is 0 Å². The van der Waals surface area contributed by atoms with Crippen LogP contribution < -0.4 is 10.1 Å². The number of benzene rings is 2. The minimum Gasteiger partial charge on any atom is -0.494 e. The van der Waals surface area contributed by atoms with Crippen molar-refractivity contribution in [2.45, 2.75) is 20.3 Å². The molecule has 2 aromatic rings. The van der Waals surface area contributed by atoms with Gasteiger partial charge in [-0.15, -0.1) is 0 Å². The highest BCUT2D eigenvalue weighted by molar-refractivity contribution is 6.33. The third-order valence-electron chi connectivity index (χ3n) is 3.20. The Morgan fingerprint density at radius 1 is 1.14 bits per heavy atom. The number of carbonyl (C=O) groups excluding carboxylic acids is 1. The lowest BCUT2D eigenvalue weighted by atomic mass is 10.1. The Hall–Kier alpha value is -2.00. The Kier molecular flexibility index (Phi) is 5.84. The molecule has 0 spiro atoms. The van der Waals surface area contributed by atoms with E-state index in [1.54, 1.807) is 24.3 Å². The number of hydrogen-bond donors (Lipinski definition) is 1. The fraction of sp³-hybridized carbons (Fsp3) is 0.278. The first kappa shape index (κ1) is 16.4. The Labute approximate surface area is 136 Å². The molecule has 2 aromatic carbocycles. The van der Waals surface area contributed by atoms with Crippen LogP contribution in [-0.4, -0.2) is 12.5 Å². The van der Waals surface area contributed by atoms with Gasteiger partial charge in [0.25, 0.3) is 5.91 Å². The van der Waals surface area contributed by atoms with Gasteiger partial charge in [-0.05, 0) is 48.7 Å². The summed E-state index contributed by atoms with van der Waals surface area (Å²) < 4.78 is 5.64. The monoisotopic (exact) mass is 317 g/mol. The molecule has 0 fully saturated rings. The number of carbonyl (C=O) groups is 1. The minimum absolute atomic E-state index is 0.193. The average molecular weight is 318 g/mol. The van der Waals surface area contributed by atoms with Crippen LogP contribution in [0.4, 0.5) is 5.69 Å². The zero-order valence-corrected chi connectivity index (χ0v) is 13.6. The predicted molar refractivity (Wildman–Crippen MR) is 90.8 cm³/mol. The number of halogens is 1. The summed E-state index contributed by atoms with van der Waals surface area (Å²) in [5, 5.41) is 3.31. The van der Waals surface area contributed by atoms with E-state index in [1.807, 2.05) is 24.3 Å². The van der Waals surface area contributed by atoms with Gasteiger partial charge in [-0.3, -0.25) is 4.79 Å². The van der Waals surface area contributed by atoms with E-state index in [9.17, 15) is 4.79 Å². The lowest BCUT2D eigenvalue weighted by Crippen LogP contribution is -2.12.